The van der Waals surface area contributed by atoms with Gasteiger partial charge in [-0.15, -0.1) is 5.10 Å². The molecule has 0 aliphatic carbocycles. The number of rotatable bonds is 3. The van der Waals surface area contributed by atoms with Gasteiger partial charge in [0.05, 0.1) is 11.8 Å². The lowest BCUT2D eigenvalue weighted by atomic mass is 10.2. The lowest BCUT2D eigenvalue weighted by molar-refractivity contribution is 0.921. The van der Waals surface area contributed by atoms with E-state index in [1.807, 2.05) is 25.1 Å². The molecule has 0 unspecified atom stereocenters. The summed E-state index contributed by atoms with van der Waals surface area (Å²) >= 11 is 1.46. The lowest BCUT2D eigenvalue weighted by Gasteiger charge is -2.05. The third-order valence-electron chi connectivity index (χ3n) is 2.18. The molecule has 0 aliphatic rings. The number of nitrogen functional groups attached to an aromatic ring is 1. The molecule has 0 bridgehead atoms. The zero-order valence-electron chi connectivity index (χ0n) is 9.34. The Balaban J connectivity index is 2.33. The Morgan fingerprint density at radius 2 is 2.18 bits per heavy atom. The van der Waals surface area contributed by atoms with Crippen molar-refractivity contribution in [2.24, 2.45) is 5.73 Å². The van der Waals surface area contributed by atoms with Crippen LogP contribution < -0.4 is 5.73 Å². The predicted octanol–water partition coefficient (Wildman–Crippen LogP) is 2.22. The number of hydrogen-bond donors (Lipinski definition) is 2. The summed E-state index contributed by atoms with van der Waals surface area (Å²) in [7, 11) is 0. The van der Waals surface area contributed by atoms with Gasteiger partial charge in [-0.1, -0.05) is 29.5 Å². The molecule has 17 heavy (non-hydrogen) atoms. The fourth-order valence-electron chi connectivity index (χ4n) is 1.39. The van der Waals surface area contributed by atoms with Crippen molar-refractivity contribution >= 4 is 17.6 Å². The summed E-state index contributed by atoms with van der Waals surface area (Å²) in [4.78, 5) is 1.06. The second kappa shape index (κ2) is 4.97. The van der Waals surface area contributed by atoms with Crippen molar-refractivity contribution in [2.75, 3.05) is 0 Å². The molecule has 0 saturated heterocycles. The first-order valence-corrected chi connectivity index (χ1v) is 5.89. The molecule has 4 nitrogen and oxygen atoms in total. The molecule has 3 N–H and O–H groups in total. The van der Waals surface area contributed by atoms with Crippen LogP contribution in [0, 0.1) is 12.3 Å². The zero-order valence-corrected chi connectivity index (χ0v) is 10.2. The van der Waals surface area contributed by atoms with Crippen molar-refractivity contribution in [3.05, 3.63) is 47.7 Å². The van der Waals surface area contributed by atoms with Gasteiger partial charge in [0, 0.05) is 4.90 Å². The van der Waals surface area contributed by atoms with Crippen molar-refractivity contribution in [2.45, 2.75) is 16.8 Å². The molecular weight excluding hydrogens is 232 g/mol. The maximum atomic E-state index is 7.48. The van der Waals surface area contributed by atoms with Crippen LogP contribution in [0.5, 0.6) is 0 Å². The maximum absolute atomic E-state index is 7.48. The van der Waals surface area contributed by atoms with Crippen LogP contribution in [0.3, 0.4) is 0 Å². The number of aryl methyl sites for hydroxylation is 1. The fourth-order valence-corrected chi connectivity index (χ4v) is 2.38. The maximum Gasteiger partial charge on any atom is 0.134 e. The highest BCUT2D eigenvalue weighted by Crippen LogP contribution is 2.28. The smallest absolute Gasteiger partial charge is 0.134 e. The largest absolute Gasteiger partial charge is 0.384 e. The molecule has 0 spiro atoms. The van der Waals surface area contributed by atoms with Crippen molar-refractivity contribution in [1.29, 1.82) is 5.41 Å². The summed E-state index contributed by atoms with van der Waals surface area (Å²) in [6, 6.07) is 9.78. The highest BCUT2D eigenvalue weighted by molar-refractivity contribution is 7.99. The Kier molecular flexibility index (Phi) is 3.39. The standard InChI is InChI=1S/C12H12N4S/c1-8-3-2-4-9(7-8)17-12-10(11(13)14)5-6-15-16-12/h2-7H,1H3,(H3,13,14). The molecule has 86 valence electrons. The Morgan fingerprint density at radius 3 is 2.88 bits per heavy atom. The molecule has 0 atom stereocenters. The van der Waals surface area contributed by atoms with E-state index < -0.39 is 0 Å². The van der Waals surface area contributed by atoms with Crippen LogP contribution in [0.25, 0.3) is 0 Å². The number of nitrogens with zero attached hydrogens (tertiary/aromatic N) is 2. The van der Waals surface area contributed by atoms with Gasteiger partial charge >= 0.3 is 0 Å². The van der Waals surface area contributed by atoms with Gasteiger partial charge < -0.3 is 5.73 Å². The highest BCUT2D eigenvalue weighted by atomic mass is 32.2. The highest BCUT2D eigenvalue weighted by Gasteiger charge is 2.08. The third-order valence-corrected chi connectivity index (χ3v) is 3.17. The summed E-state index contributed by atoms with van der Waals surface area (Å²) in [5.41, 5.74) is 7.30. The summed E-state index contributed by atoms with van der Waals surface area (Å²) in [5, 5.41) is 16.0. The summed E-state index contributed by atoms with van der Waals surface area (Å²) in [5.74, 6) is 0.00931. The number of hydrogen-bond acceptors (Lipinski definition) is 4. The van der Waals surface area contributed by atoms with Crippen molar-refractivity contribution in [3.8, 4) is 0 Å². The van der Waals surface area contributed by atoms with E-state index in [0.29, 0.717) is 10.6 Å². The van der Waals surface area contributed by atoms with E-state index in [1.54, 1.807) is 6.07 Å². The molecule has 0 fully saturated rings. The van der Waals surface area contributed by atoms with E-state index in [-0.39, 0.29) is 5.84 Å². The molecule has 1 heterocycles. The topological polar surface area (TPSA) is 75.7 Å². The van der Waals surface area contributed by atoms with Crippen LogP contribution in [0.1, 0.15) is 11.1 Å². The van der Waals surface area contributed by atoms with Crippen molar-refractivity contribution in [1.82, 2.24) is 10.2 Å². The van der Waals surface area contributed by atoms with Gasteiger partial charge in [0.2, 0.25) is 0 Å². The quantitative estimate of drug-likeness (QED) is 0.641. The van der Waals surface area contributed by atoms with E-state index in [4.69, 9.17) is 11.1 Å². The van der Waals surface area contributed by atoms with Crippen LogP contribution in [0.15, 0.2) is 46.5 Å². The first-order valence-electron chi connectivity index (χ1n) is 5.07. The average Bonchev–Trinajstić information content (AvgIpc) is 2.29. The van der Waals surface area contributed by atoms with Gasteiger partial charge in [0.25, 0.3) is 0 Å². The zero-order chi connectivity index (χ0) is 12.3. The molecule has 1 aromatic heterocycles. The van der Waals surface area contributed by atoms with E-state index in [0.717, 1.165) is 4.90 Å². The minimum atomic E-state index is 0.00931. The first kappa shape index (κ1) is 11.6. The van der Waals surface area contributed by atoms with E-state index in [2.05, 4.69) is 16.3 Å². The molecule has 5 heteroatoms. The van der Waals surface area contributed by atoms with Crippen molar-refractivity contribution in [3.63, 3.8) is 0 Å². The van der Waals surface area contributed by atoms with Gasteiger partial charge in [-0.3, -0.25) is 5.41 Å². The van der Waals surface area contributed by atoms with Gasteiger partial charge in [0.15, 0.2) is 0 Å². The van der Waals surface area contributed by atoms with Gasteiger partial charge in [-0.05, 0) is 25.1 Å². The fraction of sp³-hybridized carbons (Fsp3) is 0.0833. The van der Waals surface area contributed by atoms with E-state index in [1.165, 1.54) is 23.5 Å². The Morgan fingerprint density at radius 1 is 1.35 bits per heavy atom. The van der Waals surface area contributed by atoms with Crippen LogP contribution >= 0.6 is 11.8 Å². The van der Waals surface area contributed by atoms with E-state index in [9.17, 15) is 0 Å². The molecule has 1 aromatic carbocycles. The number of aromatic nitrogens is 2. The average molecular weight is 244 g/mol. The summed E-state index contributed by atoms with van der Waals surface area (Å²) in [6.07, 6.45) is 1.54. The van der Waals surface area contributed by atoms with Gasteiger partial charge in [-0.2, -0.15) is 5.10 Å². The molecule has 0 aliphatic heterocycles. The van der Waals surface area contributed by atoms with Gasteiger partial charge in [0.1, 0.15) is 10.9 Å². The molecule has 0 amide bonds. The molecule has 0 radical (unpaired) electrons. The Hall–Kier alpha value is -1.88. The number of benzene rings is 1. The summed E-state index contributed by atoms with van der Waals surface area (Å²) < 4.78 is 0. The second-order valence-electron chi connectivity index (χ2n) is 3.58. The second-order valence-corrected chi connectivity index (χ2v) is 4.64. The first-order chi connectivity index (χ1) is 8.16. The molecule has 2 rings (SSSR count). The van der Waals surface area contributed by atoms with Crippen LogP contribution in [-0.4, -0.2) is 16.0 Å². The predicted molar refractivity (Wildman–Crippen MR) is 68.4 cm³/mol. The number of amidine groups is 1. The Bertz CT molecular complexity index is 554. The normalized spacial score (nSPS) is 10.2. The molecule has 2 aromatic rings. The summed E-state index contributed by atoms with van der Waals surface area (Å²) in [6.45, 7) is 2.03. The third kappa shape index (κ3) is 2.82. The van der Waals surface area contributed by atoms with Crippen LogP contribution in [0.2, 0.25) is 0 Å². The van der Waals surface area contributed by atoms with Gasteiger partial charge in [-0.25, -0.2) is 0 Å². The monoisotopic (exact) mass is 244 g/mol. The number of nitrogens with one attached hydrogen (secondary N) is 1. The SMILES string of the molecule is Cc1cccc(Sc2nnccc2C(=N)N)c1. The van der Waals surface area contributed by atoms with Crippen LogP contribution in [0.4, 0.5) is 0 Å². The Labute approximate surface area is 104 Å². The van der Waals surface area contributed by atoms with E-state index >= 15 is 0 Å². The van der Waals surface area contributed by atoms with Crippen molar-refractivity contribution < 1.29 is 0 Å². The minimum absolute atomic E-state index is 0.00931. The van der Waals surface area contributed by atoms with Crippen LogP contribution in [-0.2, 0) is 0 Å². The lowest BCUT2D eigenvalue weighted by Crippen LogP contribution is -2.13. The molecule has 0 saturated carbocycles. The molecular formula is C12H12N4S. The minimum Gasteiger partial charge on any atom is -0.384 e. The number of nitrogens with two attached hydrogens (primary N) is 1.